The molecule has 0 aromatic heterocycles. The Balaban J connectivity index is 1.85. The number of halogens is 6. The van der Waals surface area contributed by atoms with Crippen LogP contribution in [0.1, 0.15) is 36.1 Å². The van der Waals surface area contributed by atoms with Gasteiger partial charge in [0.05, 0.1) is 40.1 Å². The first-order chi connectivity index (χ1) is 20.0. The van der Waals surface area contributed by atoms with Gasteiger partial charge in [-0.25, -0.2) is 4.79 Å². The number of alkyl halides is 6. The molecule has 8 nitrogen and oxygen atoms in total. The molecular weight excluding hydrogens is 598 g/mol. The van der Waals surface area contributed by atoms with E-state index in [0.29, 0.717) is 17.8 Å². The van der Waals surface area contributed by atoms with Crippen LogP contribution in [0.25, 0.3) is 0 Å². The van der Waals surface area contributed by atoms with Crippen molar-refractivity contribution in [1.29, 1.82) is 10.5 Å². The van der Waals surface area contributed by atoms with Gasteiger partial charge in [-0.2, -0.15) is 41.9 Å². The molecule has 1 fully saturated rings. The van der Waals surface area contributed by atoms with Gasteiger partial charge < -0.3 is 15.3 Å². The zero-order valence-electron chi connectivity index (χ0n) is 22.0. The Labute approximate surface area is 245 Å². The van der Waals surface area contributed by atoms with Crippen molar-refractivity contribution in [2.75, 3.05) is 15.1 Å². The summed E-state index contributed by atoms with van der Waals surface area (Å²) >= 11 is 5.63. The number of carbonyl (C=O) groups excluding carboxylic acids is 1. The highest BCUT2D eigenvalue weighted by atomic mass is 32.1. The number of phenolic OH excluding ortho intramolecular Hbond substituents is 1. The van der Waals surface area contributed by atoms with E-state index in [1.165, 1.54) is 47.4 Å². The van der Waals surface area contributed by atoms with Gasteiger partial charge in [-0.15, -0.1) is 0 Å². The predicted molar refractivity (Wildman–Crippen MR) is 149 cm³/mol. The Morgan fingerprint density at radius 1 is 0.884 bits per heavy atom. The average Bonchev–Trinajstić information content (AvgIpc) is 3.11. The highest BCUT2D eigenvalue weighted by Crippen LogP contribution is 2.41. The molecule has 2 amide bonds. The smallest absolute Gasteiger partial charge is 0.417 e. The molecule has 0 saturated carbocycles. The number of aliphatic imine (C=N–C) groups is 1. The van der Waals surface area contributed by atoms with Crippen molar-refractivity contribution in [1.82, 2.24) is 0 Å². The molecule has 1 aliphatic rings. The molecule has 3 aromatic carbocycles. The van der Waals surface area contributed by atoms with Crippen LogP contribution in [0.2, 0.25) is 0 Å². The summed E-state index contributed by atoms with van der Waals surface area (Å²) in [6, 6.07) is 12.6. The lowest BCUT2D eigenvalue weighted by Crippen LogP contribution is -2.45. The molecule has 1 heterocycles. The summed E-state index contributed by atoms with van der Waals surface area (Å²) in [4.78, 5) is 19.6. The molecule has 0 aliphatic carbocycles. The van der Waals surface area contributed by atoms with E-state index in [1.807, 2.05) is 0 Å². The number of nitriles is 2. The Morgan fingerprint density at radius 2 is 1.40 bits per heavy atom. The summed E-state index contributed by atoms with van der Waals surface area (Å²) in [7, 11) is 0. The predicted octanol–water partition coefficient (Wildman–Crippen LogP) is 7.19. The van der Waals surface area contributed by atoms with Crippen LogP contribution in [0, 0.1) is 22.7 Å². The second-order valence-corrected chi connectivity index (χ2v) is 9.97. The number of amides is 2. The summed E-state index contributed by atoms with van der Waals surface area (Å²) in [6.07, 6.45) is -9.82. The zero-order valence-corrected chi connectivity index (χ0v) is 22.9. The third kappa shape index (κ3) is 5.93. The minimum atomic E-state index is -4.92. The van der Waals surface area contributed by atoms with Crippen LogP contribution in [-0.2, 0) is 12.4 Å². The highest BCUT2D eigenvalue weighted by Gasteiger charge is 2.49. The van der Waals surface area contributed by atoms with Gasteiger partial charge in [0, 0.05) is 11.4 Å². The van der Waals surface area contributed by atoms with Crippen molar-refractivity contribution in [3.8, 4) is 17.9 Å². The number of hydrogen-bond donors (Lipinski definition) is 2. The molecule has 15 heteroatoms. The zero-order chi connectivity index (χ0) is 31.9. The van der Waals surface area contributed by atoms with Crippen LogP contribution in [-0.4, -0.2) is 27.6 Å². The summed E-state index contributed by atoms with van der Waals surface area (Å²) in [5.74, 6) is -0.287. The number of amidine groups is 1. The Kier molecular flexibility index (Phi) is 7.82. The van der Waals surface area contributed by atoms with Crippen molar-refractivity contribution < 1.29 is 36.2 Å². The lowest BCUT2D eigenvalue weighted by atomic mass is 10.0. The minimum Gasteiger partial charge on any atom is -0.508 e. The maximum absolute atomic E-state index is 13.8. The average molecular weight is 617 g/mol. The van der Waals surface area contributed by atoms with E-state index < -0.39 is 46.2 Å². The number of urea groups is 1. The van der Waals surface area contributed by atoms with E-state index in [4.69, 9.17) is 17.5 Å². The number of carbonyl (C=O) groups is 1. The first-order valence-corrected chi connectivity index (χ1v) is 12.5. The monoisotopic (exact) mass is 616 g/mol. The quantitative estimate of drug-likeness (QED) is 0.236. The second kappa shape index (κ2) is 10.9. The number of thiocarbonyl (C=S) groups is 1. The van der Waals surface area contributed by atoms with E-state index in [1.54, 1.807) is 13.8 Å². The van der Waals surface area contributed by atoms with Crippen molar-refractivity contribution in [2.24, 2.45) is 4.99 Å². The Bertz CT molecular complexity index is 1740. The molecule has 4 rings (SSSR count). The molecule has 0 atom stereocenters. The standard InChI is InChI=1S/C28H18F6N6O2S/c1-26(2)23(38-24(42)37-17-5-3-15(13-35)21(11-17)27(29,30)31)39(25(43)40(26)18-7-9-20(41)10-8-18)19-6-4-16(14-36)22(12-19)28(32,33)34/h3-12,41H,1-2H3,(H,37,42)/b38-23+. The number of benzene rings is 3. The second-order valence-electron chi connectivity index (χ2n) is 9.60. The number of anilines is 3. The number of nitrogens with zero attached hydrogens (tertiary/aromatic N) is 5. The molecule has 0 radical (unpaired) electrons. The third-order valence-electron chi connectivity index (χ3n) is 6.40. The molecule has 3 aromatic rings. The van der Waals surface area contributed by atoms with Crippen molar-refractivity contribution in [2.45, 2.75) is 31.7 Å². The first-order valence-electron chi connectivity index (χ1n) is 12.0. The van der Waals surface area contributed by atoms with Crippen LogP contribution in [0.5, 0.6) is 5.75 Å². The lowest BCUT2D eigenvalue weighted by molar-refractivity contribution is -0.138. The van der Waals surface area contributed by atoms with Gasteiger partial charge in [-0.05, 0) is 86.7 Å². The van der Waals surface area contributed by atoms with E-state index in [9.17, 15) is 41.5 Å². The molecule has 220 valence electrons. The molecule has 0 spiro atoms. The number of hydrogen-bond acceptors (Lipinski definition) is 5. The molecule has 0 bridgehead atoms. The molecule has 43 heavy (non-hydrogen) atoms. The Morgan fingerprint density at radius 3 is 1.93 bits per heavy atom. The van der Waals surface area contributed by atoms with Crippen LogP contribution >= 0.6 is 12.2 Å². The van der Waals surface area contributed by atoms with E-state index in [0.717, 1.165) is 23.1 Å². The number of phenols is 1. The number of nitrogens with one attached hydrogen (secondary N) is 1. The molecule has 2 N–H and O–H groups in total. The topological polar surface area (TPSA) is 116 Å². The van der Waals surface area contributed by atoms with Crippen LogP contribution in [0.3, 0.4) is 0 Å². The molecule has 1 aliphatic heterocycles. The highest BCUT2D eigenvalue weighted by molar-refractivity contribution is 7.81. The fraction of sp³-hybridized carbons (Fsp3) is 0.179. The first kappa shape index (κ1) is 30.8. The van der Waals surface area contributed by atoms with Crippen LogP contribution in [0.15, 0.2) is 65.7 Å². The Hall–Kier alpha value is -5.15. The van der Waals surface area contributed by atoms with E-state index in [-0.39, 0.29) is 28.1 Å². The molecule has 0 unspecified atom stereocenters. The van der Waals surface area contributed by atoms with Gasteiger partial charge in [0.25, 0.3) is 0 Å². The van der Waals surface area contributed by atoms with Crippen LogP contribution in [0.4, 0.5) is 48.2 Å². The number of rotatable bonds is 3. The van der Waals surface area contributed by atoms with Crippen molar-refractivity contribution >= 4 is 46.3 Å². The molecule has 1 saturated heterocycles. The van der Waals surface area contributed by atoms with Gasteiger partial charge in [0.1, 0.15) is 17.1 Å². The lowest BCUT2D eigenvalue weighted by Gasteiger charge is -2.30. The number of aromatic hydroxyl groups is 1. The minimum absolute atomic E-state index is 0.0839. The van der Waals surface area contributed by atoms with Gasteiger partial charge >= 0.3 is 18.4 Å². The summed E-state index contributed by atoms with van der Waals surface area (Å²) in [5.41, 5.74) is -5.41. The van der Waals surface area contributed by atoms with E-state index >= 15 is 0 Å². The fourth-order valence-corrected chi connectivity index (χ4v) is 4.99. The summed E-state index contributed by atoms with van der Waals surface area (Å²) < 4.78 is 81.8. The van der Waals surface area contributed by atoms with Gasteiger partial charge in [-0.1, -0.05) is 0 Å². The van der Waals surface area contributed by atoms with Gasteiger partial charge in [0.15, 0.2) is 5.11 Å². The van der Waals surface area contributed by atoms with E-state index in [2.05, 4.69) is 10.3 Å². The van der Waals surface area contributed by atoms with Gasteiger partial charge in [0.2, 0.25) is 0 Å². The SMILES string of the molecule is CC1(C)/C(=N\C(=O)Nc2ccc(C#N)c(C(F)(F)F)c2)N(c2ccc(C#N)c(C(F)(F)F)c2)C(=S)N1c1ccc(O)cc1. The maximum atomic E-state index is 13.8. The van der Waals surface area contributed by atoms with Crippen molar-refractivity contribution in [3.63, 3.8) is 0 Å². The normalized spacial score (nSPS) is 15.8. The van der Waals surface area contributed by atoms with Gasteiger partial charge in [-0.3, -0.25) is 4.90 Å². The summed E-state index contributed by atoms with van der Waals surface area (Å²) in [5, 5.41) is 30.0. The largest absolute Gasteiger partial charge is 0.508 e. The third-order valence-corrected chi connectivity index (χ3v) is 6.77. The fourth-order valence-electron chi connectivity index (χ4n) is 4.46. The summed E-state index contributed by atoms with van der Waals surface area (Å²) in [6.45, 7) is 3.10. The molecular formula is C28H18F6N6O2S. The van der Waals surface area contributed by atoms with Crippen molar-refractivity contribution in [3.05, 3.63) is 82.9 Å². The van der Waals surface area contributed by atoms with Crippen LogP contribution < -0.4 is 15.1 Å². The maximum Gasteiger partial charge on any atom is 0.417 e.